The average Bonchev–Trinajstić information content (AvgIpc) is 2.84. The molecule has 1 amide bonds. The number of amides is 1. The van der Waals surface area contributed by atoms with E-state index >= 15 is 0 Å². The van der Waals surface area contributed by atoms with Gasteiger partial charge in [-0.05, 0) is 18.2 Å². The van der Waals surface area contributed by atoms with Crippen LogP contribution in [0.4, 0.5) is 4.39 Å². The van der Waals surface area contributed by atoms with Gasteiger partial charge in [-0.3, -0.25) is 4.79 Å². The van der Waals surface area contributed by atoms with E-state index in [1.165, 1.54) is 24.5 Å². The van der Waals surface area contributed by atoms with E-state index in [2.05, 4.69) is 0 Å². The van der Waals surface area contributed by atoms with Crippen molar-refractivity contribution in [2.75, 3.05) is 0 Å². The summed E-state index contributed by atoms with van der Waals surface area (Å²) in [6.07, 6.45) is 1.20. The first kappa shape index (κ1) is 13.6. The molecule has 0 aliphatic heterocycles. The van der Waals surface area contributed by atoms with Gasteiger partial charge in [-0.2, -0.15) is 0 Å². The Bertz CT molecular complexity index is 665. The Balaban J connectivity index is 2.23. The van der Waals surface area contributed by atoms with Crippen LogP contribution in [-0.4, -0.2) is 17.0 Å². The molecule has 0 saturated carbocycles. The van der Waals surface area contributed by atoms with E-state index in [1.54, 1.807) is 0 Å². The van der Waals surface area contributed by atoms with E-state index in [0.29, 0.717) is 0 Å². The molecule has 104 valence electrons. The quantitative estimate of drug-likeness (QED) is 0.868. The van der Waals surface area contributed by atoms with Crippen molar-refractivity contribution in [3.8, 4) is 5.75 Å². The lowest BCUT2D eigenvalue weighted by Crippen LogP contribution is -2.15. The van der Waals surface area contributed by atoms with Crippen LogP contribution in [0.3, 0.4) is 0 Å². The first-order valence-corrected chi connectivity index (χ1v) is 5.51. The molecule has 0 radical (unpaired) electrons. The molecule has 0 atom stereocenters. The fraction of sp³-hybridized carbons (Fsp3) is 0.0769. The number of carboxylic acids is 1. The van der Waals surface area contributed by atoms with E-state index in [1.807, 2.05) is 0 Å². The van der Waals surface area contributed by atoms with Crippen LogP contribution in [0.15, 0.2) is 34.9 Å². The highest BCUT2D eigenvalue weighted by Gasteiger charge is 2.18. The zero-order valence-electron chi connectivity index (χ0n) is 10.1. The molecule has 0 saturated heterocycles. The summed E-state index contributed by atoms with van der Waals surface area (Å²) in [4.78, 5) is 22.0. The van der Waals surface area contributed by atoms with Gasteiger partial charge >= 0.3 is 5.97 Å². The van der Waals surface area contributed by atoms with E-state index in [-0.39, 0.29) is 29.2 Å². The highest BCUT2D eigenvalue weighted by atomic mass is 19.1. The molecule has 6 nitrogen and oxygen atoms in total. The van der Waals surface area contributed by atoms with Crippen molar-refractivity contribution >= 4 is 11.9 Å². The van der Waals surface area contributed by atoms with E-state index in [9.17, 15) is 14.0 Å². The number of carbonyl (C=O) groups is 2. The molecule has 1 aromatic heterocycles. The summed E-state index contributed by atoms with van der Waals surface area (Å²) in [6.45, 7) is -0.193. The van der Waals surface area contributed by atoms with Crippen molar-refractivity contribution in [2.24, 2.45) is 5.73 Å². The van der Waals surface area contributed by atoms with Gasteiger partial charge in [0.1, 0.15) is 23.7 Å². The Hall–Kier alpha value is -2.83. The summed E-state index contributed by atoms with van der Waals surface area (Å²) < 4.78 is 23.5. The number of carboxylic acid groups (broad SMARTS) is 1. The Labute approximate surface area is 112 Å². The summed E-state index contributed by atoms with van der Waals surface area (Å²) in [6, 6.07) is 5.20. The first-order chi connectivity index (χ1) is 9.50. The SMILES string of the molecule is NC(=O)c1c(F)cccc1OCc1ccoc1C(=O)O. The van der Waals surface area contributed by atoms with Crippen LogP contribution >= 0.6 is 0 Å². The number of halogens is 1. The number of hydrogen-bond donors (Lipinski definition) is 2. The molecule has 7 heteroatoms. The van der Waals surface area contributed by atoms with Crippen molar-refractivity contribution in [1.29, 1.82) is 0 Å². The predicted octanol–water partition coefficient (Wildman–Crippen LogP) is 1.79. The number of benzene rings is 1. The summed E-state index contributed by atoms with van der Waals surface area (Å²) in [5.41, 5.74) is 4.95. The van der Waals surface area contributed by atoms with Gasteiger partial charge in [0, 0.05) is 5.56 Å². The van der Waals surface area contributed by atoms with Crippen LogP contribution in [0.25, 0.3) is 0 Å². The van der Waals surface area contributed by atoms with Crippen LogP contribution in [0.1, 0.15) is 26.5 Å². The number of carbonyl (C=O) groups excluding carboxylic acids is 1. The topological polar surface area (TPSA) is 103 Å². The molecule has 0 bridgehead atoms. The second kappa shape index (κ2) is 5.43. The Morgan fingerprint density at radius 3 is 2.75 bits per heavy atom. The largest absolute Gasteiger partial charge is 0.488 e. The molecule has 0 spiro atoms. The maximum atomic E-state index is 13.5. The summed E-state index contributed by atoms with van der Waals surface area (Å²) in [5, 5.41) is 8.86. The minimum atomic E-state index is -1.25. The number of nitrogens with two attached hydrogens (primary N) is 1. The molecule has 3 N–H and O–H groups in total. The lowest BCUT2D eigenvalue weighted by atomic mass is 10.2. The van der Waals surface area contributed by atoms with Crippen LogP contribution in [0.5, 0.6) is 5.75 Å². The van der Waals surface area contributed by atoms with Gasteiger partial charge in [-0.15, -0.1) is 0 Å². The number of hydrogen-bond acceptors (Lipinski definition) is 4. The molecule has 1 heterocycles. The standard InChI is InChI=1S/C13H10FNO5/c14-8-2-1-3-9(10(8)12(15)16)20-6-7-4-5-19-11(7)13(17)18/h1-5H,6H2,(H2,15,16)(H,17,18). The average molecular weight is 279 g/mol. The Morgan fingerprint density at radius 1 is 1.35 bits per heavy atom. The van der Waals surface area contributed by atoms with Crippen molar-refractivity contribution in [1.82, 2.24) is 0 Å². The predicted molar refractivity (Wildman–Crippen MR) is 64.9 cm³/mol. The monoisotopic (exact) mass is 279 g/mol. The maximum Gasteiger partial charge on any atom is 0.372 e. The molecule has 0 aliphatic rings. The van der Waals surface area contributed by atoms with Gasteiger partial charge in [0.2, 0.25) is 5.76 Å². The molecule has 1 aromatic carbocycles. The zero-order chi connectivity index (χ0) is 14.7. The second-order valence-electron chi connectivity index (χ2n) is 3.85. The molecule has 0 fully saturated rings. The summed E-state index contributed by atoms with van der Waals surface area (Å²) >= 11 is 0. The van der Waals surface area contributed by atoms with Crippen molar-refractivity contribution in [3.05, 3.63) is 53.2 Å². The normalized spacial score (nSPS) is 10.2. The maximum absolute atomic E-state index is 13.5. The minimum Gasteiger partial charge on any atom is -0.488 e. The summed E-state index contributed by atoms with van der Waals surface area (Å²) in [5.74, 6) is -3.36. The summed E-state index contributed by atoms with van der Waals surface area (Å²) in [7, 11) is 0. The van der Waals surface area contributed by atoms with E-state index in [4.69, 9.17) is 20.0 Å². The number of furan rings is 1. The molecule has 2 rings (SSSR count). The third kappa shape index (κ3) is 2.61. The third-order valence-corrected chi connectivity index (χ3v) is 2.55. The van der Waals surface area contributed by atoms with Crippen molar-refractivity contribution in [2.45, 2.75) is 6.61 Å². The second-order valence-corrected chi connectivity index (χ2v) is 3.85. The van der Waals surface area contributed by atoms with Crippen LogP contribution in [0, 0.1) is 5.82 Å². The van der Waals surface area contributed by atoms with E-state index < -0.39 is 17.7 Å². The fourth-order valence-corrected chi connectivity index (χ4v) is 1.66. The highest BCUT2D eigenvalue weighted by molar-refractivity contribution is 5.95. The lowest BCUT2D eigenvalue weighted by molar-refractivity contribution is 0.0658. The Morgan fingerprint density at radius 2 is 2.10 bits per heavy atom. The van der Waals surface area contributed by atoms with Crippen LogP contribution in [0.2, 0.25) is 0 Å². The fourth-order valence-electron chi connectivity index (χ4n) is 1.66. The minimum absolute atomic E-state index is 0.0601. The molecule has 0 unspecified atom stereocenters. The Kier molecular flexibility index (Phi) is 3.69. The highest BCUT2D eigenvalue weighted by Crippen LogP contribution is 2.23. The number of rotatable bonds is 5. The molecular weight excluding hydrogens is 269 g/mol. The zero-order valence-corrected chi connectivity index (χ0v) is 10.1. The molecular formula is C13H10FNO5. The smallest absolute Gasteiger partial charge is 0.372 e. The third-order valence-electron chi connectivity index (χ3n) is 2.55. The van der Waals surface area contributed by atoms with Gasteiger partial charge in [0.15, 0.2) is 0 Å². The molecule has 20 heavy (non-hydrogen) atoms. The van der Waals surface area contributed by atoms with Crippen LogP contribution < -0.4 is 10.5 Å². The lowest BCUT2D eigenvalue weighted by Gasteiger charge is -2.09. The number of ether oxygens (including phenoxy) is 1. The number of primary amides is 1. The van der Waals surface area contributed by atoms with E-state index in [0.717, 1.165) is 6.07 Å². The number of aromatic carboxylic acids is 1. The van der Waals surface area contributed by atoms with Gasteiger partial charge in [0.05, 0.1) is 6.26 Å². The van der Waals surface area contributed by atoms with Gasteiger partial charge in [-0.1, -0.05) is 6.07 Å². The first-order valence-electron chi connectivity index (χ1n) is 5.51. The van der Waals surface area contributed by atoms with Crippen molar-refractivity contribution < 1.29 is 28.2 Å². The molecule has 2 aromatic rings. The van der Waals surface area contributed by atoms with Gasteiger partial charge in [0.25, 0.3) is 5.91 Å². The van der Waals surface area contributed by atoms with Gasteiger partial charge in [-0.25, -0.2) is 9.18 Å². The van der Waals surface area contributed by atoms with Crippen molar-refractivity contribution in [3.63, 3.8) is 0 Å². The van der Waals surface area contributed by atoms with Crippen LogP contribution in [-0.2, 0) is 6.61 Å². The van der Waals surface area contributed by atoms with Gasteiger partial charge < -0.3 is 20.0 Å². The molecule has 0 aliphatic carbocycles.